The van der Waals surface area contributed by atoms with Crippen LogP contribution < -0.4 is 5.32 Å². The first-order valence-corrected chi connectivity index (χ1v) is 13.2. The van der Waals surface area contributed by atoms with Gasteiger partial charge in [-0.1, -0.05) is 48.0 Å². The van der Waals surface area contributed by atoms with E-state index in [0.717, 1.165) is 53.7 Å². The van der Waals surface area contributed by atoms with Crippen LogP contribution in [0.4, 0.5) is 13.9 Å². The highest BCUT2D eigenvalue weighted by molar-refractivity contribution is 7.80. The highest BCUT2D eigenvalue weighted by atomic mass is 35.5. The number of thiazole rings is 1. The maximum atomic E-state index is 13.6. The first-order chi connectivity index (χ1) is 17.5. The SMILES string of the molecule is Fc1ccc(C(c2ccc(F)cc2)N2CCN(C(=S)Nc3nc(-c4ccc(Cl)cc4)cs3)CC2)cc1. The average molecular weight is 541 g/mol. The largest absolute Gasteiger partial charge is 0.346 e. The third-order valence-electron chi connectivity index (χ3n) is 6.20. The lowest BCUT2D eigenvalue weighted by atomic mass is 9.96. The number of hydrogen-bond acceptors (Lipinski definition) is 4. The first kappa shape index (κ1) is 24.8. The van der Waals surface area contributed by atoms with Crippen LogP contribution in [-0.2, 0) is 0 Å². The molecule has 0 saturated carbocycles. The maximum absolute atomic E-state index is 13.6. The molecule has 1 N–H and O–H groups in total. The molecule has 0 unspecified atom stereocenters. The Hall–Kier alpha value is -2.91. The molecule has 1 saturated heterocycles. The molecule has 0 aliphatic carbocycles. The zero-order chi connectivity index (χ0) is 25.1. The quantitative estimate of drug-likeness (QED) is 0.280. The fraction of sp³-hybridized carbons (Fsp3) is 0.185. The van der Waals surface area contributed by atoms with Gasteiger partial charge in [-0.2, -0.15) is 0 Å². The van der Waals surface area contributed by atoms with E-state index in [0.29, 0.717) is 10.1 Å². The van der Waals surface area contributed by atoms with Crippen molar-refractivity contribution in [3.8, 4) is 11.3 Å². The van der Waals surface area contributed by atoms with Gasteiger partial charge in [0, 0.05) is 42.1 Å². The second-order valence-corrected chi connectivity index (χ2v) is 10.2. The number of rotatable bonds is 5. The topological polar surface area (TPSA) is 31.4 Å². The fourth-order valence-electron chi connectivity index (χ4n) is 4.34. The molecule has 1 aliphatic rings. The molecule has 1 fully saturated rings. The van der Waals surface area contributed by atoms with E-state index in [1.807, 2.05) is 29.6 Å². The minimum absolute atomic E-state index is 0.101. The lowest BCUT2D eigenvalue weighted by molar-refractivity contribution is 0.151. The third-order valence-corrected chi connectivity index (χ3v) is 7.57. The van der Waals surface area contributed by atoms with E-state index in [1.165, 1.54) is 35.6 Å². The normalized spacial score (nSPS) is 14.3. The van der Waals surface area contributed by atoms with Gasteiger partial charge in [-0.3, -0.25) is 4.90 Å². The van der Waals surface area contributed by atoms with Crippen LogP contribution in [0.25, 0.3) is 11.3 Å². The first-order valence-electron chi connectivity index (χ1n) is 11.5. The van der Waals surface area contributed by atoms with E-state index >= 15 is 0 Å². The minimum Gasteiger partial charge on any atom is -0.346 e. The molecule has 0 amide bonds. The molecule has 0 radical (unpaired) electrons. The number of nitrogens with one attached hydrogen (secondary N) is 1. The molecule has 2 heterocycles. The number of nitrogens with zero attached hydrogens (tertiary/aromatic N) is 3. The Bertz CT molecular complexity index is 1270. The molecule has 0 atom stereocenters. The lowest BCUT2D eigenvalue weighted by Gasteiger charge is -2.40. The summed E-state index contributed by atoms with van der Waals surface area (Å²) in [6, 6.07) is 20.5. The predicted octanol–water partition coefficient (Wildman–Crippen LogP) is 6.85. The van der Waals surface area contributed by atoms with Gasteiger partial charge < -0.3 is 10.2 Å². The van der Waals surface area contributed by atoms with E-state index in [2.05, 4.69) is 20.1 Å². The van der Waals surface area contributed by atoms with Gasteiger partial charge in [0.15, 0.2) is 10.2 Å². The summed E-state index contributed by atoms with van der Waals surface area (Å²) in [5, 5.41) is 7.32. The molecular weight excluding hydrogens is 518 g/mol. The van der Waals surface area contributed by atoms with E-state index in [4.69, 9.17) is 23.8 Å². The van der Waals surface area contributed by atoms with Crippen molar-refractivity contribution in [1.82, 2.24) is 14.8 Å². The molecule has 4 aromatic rings. The molecule has 5 rings (SSSR count). The van der Waals surface area contributed by atoms with Gasteiger partial charge in [0.2, 0.25) is 0 Å². The maximum Gasteiger partial charge on any atom is 0.189 e. The second-order valence-electron chi connectivity index (χ2n) is 8.50. The van der Waals surface area contributed by atoms with Gasteiger partial charge in [-0.05, 0) is 59.7 Å². The number of thiocarbonyl (C=S) groups is 1. The van der Waals surface area contributed by atoms with Crippen LogP contribution >= 0.6 is 35.2 Å². The van der Waals surface area contributed by atoms with Gasteiger partial charge >= 0.3 is 0 Å². The van der Waals surface area contributed by atoms with Gasteiger partial charge in [-0.15, -0.1) is 11.3 Å². The van der Waals surface area contributed by atoms with E-state index < -0.39 is 0 Å². The monoisotopic (exact) mass is 540 g/mol. The standard InChI is InChI=1S/C27H23ClF2N4S2/c28-21-7-1-18(2-8-21)24-17-36-26(31-24)32-27(35)34-15-13-33(14-16-34)25(19-3-9-22(29)10-4-19)20-5-11-23(30)12-6-20/h1-12,17,25H,13-16H2,(H,31,32,35). The minimum atomic E-state index is -0.278. The Morgan fingerprint density at radius 3 is 1.97 bits per heavy atom. The van der Waals surface area contributed by atoms with Crippen LogP contribution in [0.5, 0.6) is 0 Å². The summed E-state index contributed by atoms with van der Waals surface area (Å²) >= 11 is 13.2. The van der Waals surface area contributed by atoms with E-state index in [1.54, 1.807) is 24.3 Å². The van der Waals surface area contributed by atoms with Crippen molar-refractivity contribution in [1.29, 1.82) is 0 Å². The van der Waals surface area contributed by atoms with Crippen LogP contribution in [0.2, 0.25) is 5.02 Å². The molecular formula is C27H23ClF2N4S2. The molecule has 0 bridgehead atoms. The molecule has 0 spiro atoms. The number of anilines is 1. The number of benzene rings is 3. The number of aromatic nitrogens is 1. The van der Waals surface area contributed by atoms with E-state index in [-0.39, 0.29) is 17.7 Å². The van der Waals surface area contributed by atoms with Gasteiger partial charge in [-0.25, -0.2) is 13.8 Å². The zero-order valence-electron chi connectivity index (χ0n) is 19.2. The highest BCUT2D eigenvalue weighted by Gasteiger charge is 2.27. The van der Waals surface area contributed by atoms with Crippen molar-refractivity contribution in [2.24, 2.45) is 0 Å². The Kier molecular flexibility index (Phi) is 7.57. The summed E-state index contributed by atoms with van der Waals surface area (Å²) in [5.74, 6) is -0.557. The van der Waals surface area contributed by atoms with Crippen molar-refractivity contribution in [3.05, 3.63) is 106 Å². The van der Waals surface area contributed by atoms with Gasteiger partial charge in [0.25, 0.3) is 0 Å². The van der Waals surface area contributed by atoms with Gasteiger partial charge in [0.05, 0.1) is 11.7 Å². The summed E-state index contributed by atoms with van der Waals surface area (Å²) in [7, 11) is 0. The molecule has 3 aromatic carbocycles. The smallest absolute Gasteiger partial charge is 0.189 e. The number of piperazine rings is 1. The Labute approximate surface area is 223 Å². The van der Waals surface area contributed by atoms with Crippen molar-refractivity contribution in [2.75, 3.05) is 31.5 Å². The van der Waals surface area contributed by atoms with Crippen LogP contribution in [0.15, 0.2) is 78.2 Å². The average Bonchev–Trinajstić information content (AvgIpc) is 3.35. The molecule has 184 valence electrons. The van der Waals surface area contributed by atoms with Crippen molar-refractivity contribution < 1.29 is 8.78 Å². The van der Waals surface area contributed by atoms with Crippen LogP contribution in [-0.4, -0.2) is 46.1 Å². The van der Waals surface area contributed by atoms with Crippen molar-refractivity contribution in [3.63, 3.8) is 0 Å². The van der Waals surface area contributed by atoms with Crippen molar-refractivity contribution in [2.45, 2.75) is 6.04 Å². The van der Waals surface area contributed by atoms with Crippen LogP contribution in [0.3, 0.4) is 0 Å². The van der Waals surface area contributed by atoms with Gasteiger partial charge in [0.1, 0.15) is 11.6 Å². The number of halogens is 3. The fourth-order valence-corrected chi connectivity index (χ4v) is 5.53. The third kappa shape index (κ3) is 5.73. The molecule has 36 heavy (non-hydrogen) atoms. The number of hydrogen-bond donors (Lipinski definition) is 1. The molecule has 1 aliphatic heterocycles. The second kappa shape index (κ2) is 11.0. The summed E-state index contributed by atoms with van der Waals surface area (Å²) in [4.78, 5) is 9.11. The Morgan fingerprint density at radius 1 is 0.861 bits per heavy atom. The predicted molar refractivity (Wildman–Crippen MR) is 147 cm³/mol. The van der Waals surface area contributed by atoms with Crippen LogP contribution in [0, 0.1) is 11.6 Å². The summed E-state index contributed by atoms with van der Waals surface area (Å²) in [6.45, 7) is 2.94. The van der Waals surface area contributed by atoms with E-state index in [9.17, 15) is 8.78 Å². The summed E-state index contributed by atoms with van der Waals surface area (Å²) in [6.07, 6.45) is 0. The lowest BCUT2D eigenvalue weighted by Crippen LogP contribution is -2.51. The summed E-state index contributed by atoms with van der Waals surface area (Å²) < 4.78 is 27.2. The molecule has 1 aromatic heterocycles. The Balaban J connectivity index is 1.25. The van der Waals surface area contributed by atoms with Crippen molar-refractivity contribution >= 4 is 45.4 Å². The molecule has 4 nitrogen and oxygen atoms in total. The summed E-state index contributed by atoms with van der Waals surface area (Å²) in [5.41, 5.74) is 3.80. The highest BCUT2D eigenvalue weighted by Crippen LogP contribution is 2.31. The molecule has 9 heteroatoms. The zero-order valence-corrected chi connectivity index (χ0v) is 21.6. The van der Waals surface area contributed by atoms with Crippen LogP contribution in [0.1, 0.15) is 17.2 Å². The Morgan fingerprint density at radius 2 is 1.42 bits per heavy atom.